The Morgan fingerprint density at radius 1 is 1.19 bits per heavy atom. The minimum Gasteiger partial charge on any atom is -0.357 e. The zero-order chi connectivity index (χ0) is 18.3. The number of benzene rings is 1. The third-order valence-electron chi connectivity index (χ3n) is 3.36. The van der Waals surface area contributed by atoms with E-state index in [1.165, 1.54) is 18.6 Å². The van der Waals surface area contributed by atoms with Crippen molar-refractivity contribution in [1.82, 2.24) is 16.0 Å². The lowest BCUT2D eigenvalue weighted by molar-refractivity contribution is -0.120. The summed E-state index contributed by atoms with van der Waals surface area (Å²) in [6.45, 7) is 4.69. The summed E-state index contributed by atoms with van der Waals surface area (Å²) < 4.78 is 13.1. The monoisotopic (exact) mass is 496 g/mol. The molecular formula is C18H30FIN4OS. The average Bonchev–Trinajstić information content (AvgIpc) is 2.58. The molecule has 1 aromatic carbocycles. The molecule has 0 saturated heterocycles. The van der Waals surface area contributed by atoms with E-state index in [-0.39, 0.29) is 42.1 Å². The highest BCUT2D eigenvalue weighted by Crippen LogP contribution is 2.03. The normalized spacial score (nSPS) is 10.8. The summed E-state index contributed by atoms with van der Waals surface area (Å²) in [6.07, 6.45) is 4.53. The van der Waals surface area contributed by atoms with Crippen molar-refractivity contribution in [2.24, 2.45) is 4.99 Å². The van der Waals surface area contributed by atoms with Crippen LogP contribution in [0.2, 0.25) is 0 Å². The van der Waals surface area contributed by atoms with Gasteiger partial charge in [0.25, 0.3) is 0 Å². The van der Waals surface area contributed by atoms with E-state index < -0.39 is 0 Å². The fourth-order valence-corrected chi connectivity index (χ4v) is 2.66. The topological polar surface area (TPSA) is 65.5 Å². The number of hydrogen-bond acceptors (Lipinski definition) is 3. The standard InChI is InChI=1S/C18H29FN4OS.HI/c1-3-20-18(22-9-4-5-12-25-2)23-11-10-21-17(24)14-15-7-6-8-16(19)13-15;/h6-8,13H,3-5,9-12,14H2,1-2H3,(H,21,24)(H2,20,22,23);1H. The molecule has 0 radical (unpaired) electrons. The summed E-state index contributed by atoms with van der Waals surface area (Å²) in [5.41, 5.74) is 0.672. The van der Waals surface area contributed by atoms with Gasteiger partial charge < -0.3 is 16.0 Å². The molecule has 0 fully saturated rings. The van der Waals surface area contributed by atoms with Crippen LogP contribution in [0.15, 0.2) is 29.3 Å². The van der Waals surface area contributed by atoms with Crippen LogP contribution in [0.25, 0.3) is 0 Å². The molecule has 0 unspecified atom stereocenters. The average molecular weight is 496 g/mol. The summed E-state index contributed by atoms with van der Waals surface area (Å²) in [7, 11) is 0. The Hall–Kier alpha value is -1.03. The van der Waals surface area contributed by atoms with Crippen molar-refractivity contribution < 1.29 is 9.18 Å². The van der Waals surface area contributed by atoms with Crippen LogP contribution < -0.4 is 16.0 Å². The lowest BCUT2D eigenvalue weighted by Gasteiger charge is -2.12. The Bertz CT molecular complexity index is 546. The second-order valence-electron chi connectivity index (χ2n) is 5.54. The van der Waals surface area contributed by atoms with Crippen LogP contribution in [0.1, 0.15) is 25.3 Å². The predicted octanol–water partition coefficient (Wildman–Crippen LogP) is 2.80. The van der Waals surface area contributed by atoms with Crippen molar-refractivity contribution in [3.8, 4) is 0 Å². The van der Waals surface area contributed by atoms with E-state index in [9.17, 15) is 9.18 Å². The number of nitrogens with zero attached hydrogens (tertiary/aromatic N) is 1. The highest BCUT2D eigenvalue weighted by atomic mass is 127. The van der Waals surface area contributed by atoms with Crippen LogP contribution >= 0.6 is 35.7 Å². The van der Waals surface area contributed by atoms with Gasteiger partial charge in [-0.1, -0.05) is 12.1 Å². The van der Waals surface area contributed by atoms with E-state index in [1.54, 1.807) is 12.1 Å². The van der Waals surface area contributed by atoms with Gasteiger partial charge in [0.2, 0.25) is 5.91 Å². The zero-order valence-corrected chi connectivity index (χ0v) is 18.7. The number of halogens is 2. The first kappa shape index (κ1) is 25.0. The molecule has 3 N–H and O–H groups in total. The molecule has 0 aliphatic carbocycles. The number of hydrogen-bond donors (Lipinski definition) is 3. The number of thioether (sulfide) groups is 1. The van der Waals surface area contributed by atoms with Gasteiger partial charge in [-0.15, -0.1) is 24.0 Å². The number of aliphatic imine (C=N–C) groups is 1. The quantitative estimate of drug-likeness (QED) is 0.191. The van der Waals surface area contributed by atoms with Crippen LogP contribution in [0.5, 0.6) is 0 Å². The number of rotatable bonds is 11. The van der Waals surface area contributed by atoms with E-state index in [4.69, 9.17) is 0 Å². The number of unbranched alkanes of at least 4 members (excludes halogenated alkanes) is 1. The number of guanidine groups is 1. The molecule has 26 heavy (non-hydrogen) atoms. The van der Waals surface area contributed by atoms with Crippen molar-refractivity contribution >= 4 is 47.6 Å². The van der Waals surface area contributed by atoms with E-state index in [1.807, 2.05) is 18.7 Å². The lowest BCUT2D eigenvalue weighted by atomic mass is 10.1. The summed E-state index contributed by atoms with van der Waals surface area (Å²) in [4.78, 5) is 16.4. The number of carbonyl (C=O) groups is 1. The molecule has 8 heteroatoms. The lowest BCUT2D eigenvalue weighted by Crippen LogP contribution is -2.41. The zero-order valence-electron chi connectivity index (χ0n) is 15.5. The Kier molecular flexibility index (Phi) is 15.5. The fourth-order valence-electron chi connectivity index (χ4n) is 2.17. The van der Waals surface area contributed by atoms with Crippen molar-refractivity contribution in [1.29, 1.82) is 0 Å². The van der Waals surface area contributed by atoms with Gasteiger partial charge in [0.05, 0.1) is 6.42 Å². The first-order chi connectivity index (χ1) is 12.2. The maximum Gasteiger partial charge on any atom is 0.224 e. The molecule has 148 valence electrons. The van der Waals surface area contributed by atoms with Gasteiger partial charge in [-0.2, -0.15) is 11.8 Å². The van der Waals surface area contributed by atoms with E-state index >= 15 is 0 Å². The third-order valence-corrected chi connectivity index (χ3v) is 4.06. The van der Waals surface area contributed by atoms with E-state index in [0.717, 1.165) is 31.2 Å². The molecule has 1 aromatic rings. The Morgan fingerprint density at radius 3 is 2.65 bits per heavy atom. The van der Waals surface area contributed by atoms with Crippen LogP contribution in [0.4, 0.5) is 4.39 Å². The van der Waals surface area contributed by atoms with Crippen LogP contribution in [0, 0.1) is 5.82 Å². The minimum absolute atomic E-state index is 0. The molecule has 0 aromatic heterocycles. The first-order valence-corrected chi connectivity index (χ1v) is 10.1. The van der Waals surface area contributed by atoms with Gasteiger partial charge in [-0.05, 0) is 49.5 Å². The Balaban J connectivity index is 0.00000625. The summed E-state index contributed by atoms with van der Waals surface area (Å²) >= 11 is 1.85. The van der Waals surface area contributed by atoms with E-state index in [2.05, 4.69) is 27.2 Å². The molecule has 0 heterocycles. The first-order valence-electron chi connectivity index (χ1n) is 8.68. The van der Waals surface area contributed by atoms with Crippen LogP contribution in [-0.2, 0) is 11.2 Å². The maximum absolute atomic E-state index is 13.1. The minimum atomic E-state index is -0.323. The maximum atomic E-state index is 13.1. The Morgan fingerprint density at radius 2 is 1.96 bits per heavy atom. The molecule has 5 nitrogen and oxygen atoms in total. The van der Waals surface area contributed by atoms with Gasteiger partial charge in [-0.3, -0.25) is 9.79 Å². The second kappa shape index (κ2) is 16.2. The van der Waals surface area contributed by atoms with E-state index in [0.29, 0.717) is 18.7 Å². The largest absolute Gasteiger partial charge is 0.357 e. The number of nitrogens with one attached hydrogen (secondary N) is 3. The van der Waals surface area contributed by atoms with Gasteiger partial charge in [0.15, 0.2) is 5.96 Å². The van der Waals surface area contributed by atoms with Crippen molar-refractivity contribution in [2.45, 2.75) is 26.2 Å². The molecule has 0 aliphatic heterocycles. The Labute approximate surface area is 177 Å². The molecular weight excluding hydrogens is 466 g/mol. The van der Waals surface area contributed by atoms with Crippen molar-refractivity contribution in [3.05, 3.63) is 35.6 Å². The summed E-state index contributed by atoms with van der Waals surface area (Å²) in [5, 5.41) is 9.21. The fraction of sp³-hybridized carbons (Fsp3) is 0.556. The van der Waals surface area contributed by atoms with Crippen molar-refractivity contribution in [2.75, 3.05) is 38.2 Å². The molecule has 0 aliphatic rings. The van der Waals surface area contributed by atoms with Crippen LogP contribution in [-0.4, -0.2) is 50.1 Å². The van der Waals surface area contributed by atoms with Gasteiger partial charge in [-0.25, -0.2) is 4.39 Å². The third kappa shape index (κ3) is 12.3. The molecule has 0 atom stereocenters. The molecule has 0 saturated carbocycles. The van der Waals surface area contributed by atoms with Gasteiger partial charge in [0, 0.05) is 26.2 Å². The van der Waals surface area contributed by atoms with Gasteiger partial charge >= 0.3 is 0 Å². The molecule has 0 bridgehead atoms. The SMILES string of the molecule is CCNC(=NCCCCSC)NCCNC(=O)Cc1cccc(F)c1.I. The van der Waals surface area contributed by atoms with Crippen molar-refractivity contribution in [3.63, 3.8) is 0 Å². The van der Waals surface area contributed by atoms with Crippen LogP contribution in [0.3, 0.4) is 0 Å². The molecule has 0 spiro atoms. The smallest absolute Gasteiger partial charge is 0.224 e. The highest BCUT2D eigenvalue weighted by Gasteiger charge is 2.04. The second-order valence-corrected chi connectivity index (χ2v) is 6.53. The molecule has 1 amide bonds. The number of amides is 1. The molecule has 1 rings (SSSR count). The van der Waals surface area contributed by atoms with Gasteiger partial charge in [0.1, 0.15) is 5.82 Å². The predicted molar refractivity (Wildman–Crippen MR) is 120 cm³/mol. The highest BCUT2D eigenvalue weighted by molar-refractivity contribution is 14.0. The summed E-state index contributed by atoms with van der Waals surface area (Å²) in [5.74, 6) is 1.49. The number of carbonyl (C=O) groups excluding carboxylic acids is 1. The summed E-state index contributed by atoms with van der Waals surface area (Å²) in [6, 6.07) is 6.10.